The molecule has 0 bridgehead atoms. The van der Waals surface area contributed by atoms with E-state index in [1.807, 2.05) is 10.7 Å². The molecular weight excluding hydrogens is 248 g/mol. The molecule has 5 heteroatoms. The minimum Gasteiger partial charge on any atom is -0.263 e. The lowest BCUT2D eigenvalue weighted by Crippen LogP contribution is -2.05. The molecule has 0 fully saturated rings. The summed E-state index contributed by atoms with van der Waals surface area (Å²) in [5.74, 6) is 1.02. The van der Waals surface area contributed by atoms with Gasteiger partial charge in [-0.15, -0.1) is 0 Å². The van der Waals surface area contributed by atoms with Gasteiger partial charge in [-0.2, -0.15) is 5.10 Å². The maximum atomic E-state index is 6.06. The smallest absolute Gasteiger partial charge is 0.133 e. The van der Waals surface area contributed by atoms with Gasteiger partial charge in [0, 0.05) is 24.7 Å². The molecule has 0 saturated heterocycles. The zero-order valence-corrected chi connectivity index (χ0v) is 11.6. The summed E-state index contributed by atoms with van der Waals surface area (Å²) in [6.45, 7) is 7.11. The van der Waals surface area contributed by atoms with E-state index >= 15 is 0 Å². The van der Waals surface area contributed by atoms with E-state index in [-0.39, 0.29) is 5.92 Å². The van der Waals surface area contributed by atoms with Gasteiger partial charge in [0.2, 0.25) is 0 Å². The van der Waals surface area contributed by atoms with Gasteiger partial charge in [-0.3, -0.25) is 4.68 Å². The summed E-state index contributed by atoms with van der Waals surface area (Å²) in [4.78, 5) is 8.81. The molecule has 2 aromatic heterocycles. The fraction of sp³-hybridized carbons (Fsp3) is 0.462. The molecule has 0 atom stereocenters. The van der Waals surface area contributed by atoms with Crippen LogP contribution >= 0.6 is 11.6 Å². The highest BCUT2D eigenvalue weighted by Gasteiger charge is 2.11. The normalized spacial score (nSPS) is 11.2. The van der Waals surface area contributed by atoms with Gasteiger partial charge >= 0.3 is 0 Å². The van der Waals surface area contributed by atoms with Crippen LogP contribution in [0.3, 0.4) is 0 Å². The van der Waals surface area contributed by atoms with Gasteiger partial charge in [0.1, 0.15) is 11.0 Å². The molecule has 0 spiro atoms. The Morgan fingerprint density at radius 3 is 2.78 bits per heavy atom. The van der Waals surface area contributed by atoms with Crippen molar-refractivity contribution >= 4 is 11.6 Å². The van der Waals surface area contributed by atoms with Gasteiger partial charge in [-0.1, -0.05) is 32.4 Å². The van der Waals surface area contributed by atoms with Crippen LogP contribution in [-0.2, 0) is 6.54 Å². The minimum absolute atomic E-state index is 0.255. The van der Waals surface area contributed by atoms with E-state index in [0.717, 1.165) is 30.2 Å². The molecule has 0 aliphatic rings. The van der Waals surface area contributed by atoms with E-state index in [2.05, 4.69) is 35.8 Å². The first-order valence-electron chi connectivity index (χ1n) is 6.18. The standard InChI is InChI=1S/C13H17ClN4/c1-4-7-18-11(5-6-15-18)10-8-12(14)17-13(16-10)9(2)3/h5-6,8-9H,4,7H2,1-3H3. The average molecular weight is 265 g/mol. The van der Waals surface area contributed by atoms with Crippen LogP contribution in [-0.4, -0.2) is 19.7 Å². The lowest BCUT2D eigenvalue weighted by molar-refractivity contribution is 0.607. The topological polar surface area (TPSA) is 43.6 Å². The van der Waals surface area contributed by atoms with Gasteiger partial charge in [0.25, 0.3) is 0 Å². The number of aromatic nitrogens is 4. The van der Waals surface area contributed by atoms with Crippen molar-refractivity contribution in [3.8, 4) is 11.4 Å². The quantitative estimate of drug-likeness (QED) is 0.794. The van der Waals surface area contributed by atoms with Crippen LogP contribution in [0.25, 0.3) is 11.4 Å². The second-order valence-electron chi connectivity index (χ2n) is 4.53. The maximum absolute atomic E-state index is 6.06. The molecule has 2 aromatic rings. The zero-order valence-electron chi connectivity index (χ0n) is 10.9. The SMILES string of the molecule is CCCn1nccc1-c1cc(Cl)nc(C(C)C)n1. The van der Waals surface area contributed by atoms with Crippen molar-refractivity contribution in [2.75, 3.05) is 0 Å². The highest BCUT2D eigenvalue weighted by Crippen LogP contribution is 2.22. The van der Waals surface area contributed by atoms with Gasteiger partial charge in [0.05, 0.1) is 11.4 Å². The Morgan fingerprint density at radius 1 is 1.33 bits per heavy atom. The Labute approximate surface area is 112 Å². The number of halogens is 1. The molecular formula is C13H17ClN4. The van der Waals surface area contributed by atoms with E-state index < -0.39 is 0 Å². The summed E-state index contributed by atoms with van der Waals surface area (Å²) in [7, 11) is 0. The number of hydrogen-bond donors (Lipinski definition) is 0. The first-order chi connectivity index (χ1) is 8.61. The molecule has 18 heavy (non-hydrogen) atoms. The molecule has 2 heterocycles. The van der Waals surface area contributed by atoms with Crippen LogP contribution in [0, 0.1) is 0 Å². The van der Waals surface area contributed by atoms with E-state index in [4.69, 9.17) is 11.6 Å². The predicted molar refractivity (Wildman–Crippen MR) is 72.6 cm³/mol. The van der Waals surface area contributed by atoms with Gasteiger partial charge in [-0.25, -0.2) is 9.97 Å². The summed E-state index contributed by atoms with van der Waals surface area (Å²) in [6, 6.07) is 3.75. The molecule has 0 unspecified atom stereocenters. The van der Waals surface area contributed by atoms with Gasteiger partial charge in [0.15, 0.2) is 0 Å². The third-order valence-electron chi connectivity index (χ3n) is 2.64. The highest BCUT2D eigenvalue weighted by atomic mass is 35.5. The Morgan fingerprint density at radius 2 is 2.11 bits per heavy atom. The first kappa shape index (κ1) is 13.0. The predicted octanol–water partition coefficient (Wildman–Crippen LogP) is 3.53. The van der Waals surface area contributed by atoms with Crippen LogP contribution in [0.5, 0.6) is 0 Å². The van der Waals surface area contributed by atoms with Crippen molar-refractivity contribution in [1.29, 1.82) is 0 Å². The third kappa shape index (κ3) is 2.70. The van der Waals surface area contributed by atoms with Crippen LogP contribution in [0.4, 0.5) is 0 Å². The number of nitrogens with zero attached hydrogens (tertiary/aromatic N) is 4. The fourth-order valence-corrected chi connectivity index (χ4v) is 1.95. The Bertz CT molecular complexity index is 534. The van der Waals surface area contributed by atoms with Crippen LogP contribution in [0.15, 0.2) is 18.3 Å². The van der Waals surface area contributed by atoms with E-state index in [1.54, 1.807) is 12.3 Å². The number of hydrogen-bond acceptors (Lipinski definition) is 3. The van der Waals surface area contributed by atoms with E-state index in [1.165, 1.54) is 0 Å². The summed E-state index contributed by atoms with van der Waals surface area (Å²) in [6.07, 6.45) is 2.82. The molecule has 4 nitrogen and oxygen atoms in total. The minimum atomic E-state index is 0.255. The molecule has 0 amide bonds. The molecule has 0 aromatic carbocycles. The average Bonchev–Trinajstić information content (AvgIpc) is 2.77. The van der Waals surface area contributed by atoms with E-state index in [9.17, 15) is 0 Å². The van der Waals surface area contributed by atoms with Crippen LogP contribution in [0.1, 0.15) is 38.9 Å². The lowest BCUT2D eigenvalue weighted by Gasteiger charge is -2.09. The Balaban J connectivity index is 2.46. The number of rotatable bonds is 4. The molecule has 0 aliphatic carbocycles. The fourth-order valence-electron chi connectivity index (χ4n) is 1.76. The van der Waals surface area contributed by atoms with E-state index in [0.29, 0.717) is 5.15 Å². The van der Waals surface area contributed by atoms with Crippen molar-refractivity contribution in [1.82, 2.24) is 19.7 Å². The van der Waals surface area contributed by atoms with Crippen molar-refractivity contribution in [3.63, 3.8) is 0 Å². The maximum Gasteiger partial charge on any atom is 0.133 e. The molecule has 0 radical (unpaired) electrons. The molecule has 0 aliphatic heterocycles. The summed E-state index contributed by atoms with van der Waals surface area (Å²) in [5, 5.41) is 4.78. The summed E-state index contributed by atoms with van der Waals surface area (Å²) >= 11 is 6.06. The Hall–Kier alpha value is -1.42. The first-order valence-corrected chi connectivity index (χ1v) is 6.56. The largest absolute Gasteiger partial charge is 0.263 e. The second-order valence-corrected chi connectivity index (χ2v) is 4.92. The van der Waals surface area contributed by atoms with Gasteiger partial charge < -0.3 is 0 Å². The Kier molecular flexibility index (Phi) is 3.97. The molecule has 2 rings (SSSR count). The summed E-state index contributed by atoms with van der Waals surface area (Å²) < 4.78 is 1.95. The molecule has 96 valence electrons. The van der Waals surface area contributed by atoms with Gasteiger partial charge in [-0.05, 0) is 12.5 Å². The molecule has 0 saturated carbocycles. The van der Waals surface area contributed by atoms with Crippen molar-refractivity contribution in [2.24, 2.45) is 0 Å². The van der Waals surface area contributed by atoms with Crippen molar-refractivity contribution < 1.29 is 0 Å². The van der Waals surface area contributed by atoms with Crippen molar-refractivity contribution in [2.45, 2.75) is 39.7 Å². The van der Waals surface area contributed by atoms with Crippen molar-refractivity contribution in [3.05, 3.63) is 29.3 Å². The zero-order chi connectivity index (χ0) is 13.1. The lowest BCUT2D eigenvalue weighted by atomic mass is 10.2. The van der Waals surface area contributed by atoms with Crippen LogP contribution < -0.4 is 0 Å². The second kappa shape index (κ2) is 5.48. The summed E-state index contributed by atoms with van der Waals surface area (Å²) in [5.41, 5.74) is 1.83. The highest BCUT2D eigenvalue weighted by molar-refractivity contribution is 6.29. The molecule has 0 N–H and O–H groups in total. The monoisotopic (exact) mass is 264 g/mol. The van der Waals surface area contributed by atoms with Crippen LogP contribution in [0.2, 0.25) is 5.15 Å². The third-order valence-corrected chi connectivity index (χ3v) is 2.84. The number of aryl methyl sites for hydroxylation is 1.